The highest BCUT2D eigenvalue weighted by Crippen LogP contribution is 2.13. The Hall–Kier alpha value is -4.54. The van der Waals surface area contributed by atoms with Crippen molar-refractivity contribution in [3.8, 4) is 5.75 Å². The van der Waals surface area contributed by atoms with Crippen LogP contribution in [0.1, 0.15) is 22.3 Å². The third-order valence-electron chi connectivity index (χ3n) is 3.86. The van der Waals surface area contributed by atoms with Crippen LogP contribution in [0.2, 0.25) is 0 Å². The number of carbonyl (C=O) groups excluding carboxylic acids is 2. The van der Waals surface area contributed by atoms with Gasteiger partial charge < -0.3 is 10.1 Å². The van der Waals surface area contributed by atoms with E-state index < -0.39 is 23.1 Å². The van der Waals surface area contributed by atoms with Gasteiger partial charge in [0, 0.05) is 13.0 Å². The van der Waals surface area contributed by atoms with Crippen LogP contribution < -0.4 is 26.7 Å². The Morgan fingerprint density at radius 2 is 1.81 bits per heavy atom. The van der Waals surface area contributed by atoms with E-state index in [4.69, 9.17) is 4.74 Å². The molecule has 0 spiro atoms. The number of amides is 1. The smallest absolute Gasteiger partial charge is 0.343 e. The number of hydrogen-bond acceptors (Lipinski definition) is 8. The minimum atomic E-state index is -0.718. The molecular formula is C20H18N6O5. The highest BCUT2D eigenvalue weighted by atomic mass is 16.5. The topological polar surface area (TPSA) is 158 Å². The van der Waals surface area contributed by atoms with Gasteiger partial charge in [0.05, 0.1) is 11.8 Å². The molecule has 4 N–H and O–H groups in total. The fourth-order valence-electron chi connectivity index (χ4n) is 2.36. The second kappa shape index (κ2) is 10.3. The van der Waals surface area contributed by atoms with E-state index in [9.17, 15) is 19.2 Å². The zero-order chi connectivity index (χ0) is 22.1. The third-order valence-corrected chi connectivity index (χ3v) is 3.86. The molecule has 0 fully saturated rings. The standard InChI is InChI=1S/C20H18N6O5/c27-16(10-11-21-17-18(28)23-20(30)26-25-17)24-22-12-13-6-8-15(9-7-13)31-19(29)14-4-2-1-3-5-14/h1-9,12H,10-11H2,(H,21,25)(H,24,27)(H2,23,26,28,30)/b22-12+. The second-order valence-corrected chi connectivity index (χ2v) is 6.15. The van der Waals surface area contributed by atoms with Crippen molar-refractivity contribution in [3.63, 3.8) is 0 Å². The first-order valence-corrected chi connectivity index (χ1v) is 9.13. The van der Waals surface area contributed by atoms with Crippen LogP contribution in [0.5, 0.6) is 5.75 Å². The van der Waals surface area contributed by atoms with E-state index in [1.165, 1.54) is 6.21 Å². The van der Waals surface area contributed by atoms with Gasteiger partial charge in [-0.2, -0.15) is 5.10 Å². The Labute approximate surface area is 175 Å². The maximum atomic E-state index is 12.0. The zero-order valence-electron chi connectivity index (χ0n) is 16.1. The van der Waals surface area contributed by atoms with Crippen molar-refractivity contribution in [2.45, 2.75) is 6.42 Å². The summed E-state index contributed by atoms with van der Waals surface area (Å²) in [5, 5.41) is 12.1. The quantitative estimate of drug-likeness (QED) is 0.179. The summed E-state index contributed by atoms with van der Waals surface area (Å²) in [4.78, 5) is 48.1. The molecule has 0 bridgehead atoms. The molecule has 2 aromatic carbocycles. The van der Waals surface area contributed by atoms with Crippen molar-refractivity contribution < 1.29 is 14.3 Å². The van der Waals surface area contributed by atoms with Crippen molar-refractivity contribution in [1.82, 2.24) is 20.6 Å². The van der Waals surface area contributed by atoms with Gasteiger partial charge in [0.15, 0.2) is 0 Å². The summed E-state index contributed by atoms with van der Waals surface area (Å²) in [5.41, 5.74) is 2.08. The molecule has 0 aliphatic carbocycles. The Kier molecular flexibility index (Phi) is 7.03. The van der Waals surface area contributed by atoms with Gasteiger partial charge >= 0.3 is 11.7 Å². The fraction of sp³-hybridized carbons (Fsp3) is 0.100. The summed E-state index contributed by atoms with van der Waals surface area (Å²) < 4.78 is 5.28. The number of hydrazone groups is 1. The van der Waals surface area contributed by atoms with Crippen LogP contribution in [0, 0.1) is 0 Å². The number of esters is 1. The maximum absolute atomic E-state index is 12.0. The molecule has 158 valence electrons. The first-order chi connectivity index (χ1) is 15.0. The molecule has 31 heavy (non-hydrogen) atoms. The molecule has 1 amide bonds. The summed E-state index contributed by atoms with van der Waals surface area (Å²) in [6, 6.07) is 15.2. The Morgan fingerprint density at radius 3 is 2.52 bits per heavy atom. The van der Waals surface area contributed by atoms with Crippen LogP contribution in [0.25, 0.3) is 0 Å². The van der Waals surface area contributed by atoms with Gasteiger partial charge in [-0.05, 0) is 42.0 Å². The number of aromatic amines is 2. The average molecular weight is 422 g/mol. The molecule has 0 unspecified atom stereocenters. The van der Waals surface area contributed by atoms with Crippen LogP contribution in [0.4, 0.5) is 5.82 Å². The van der Waals surface area contributed by atoms with Crippen LogP contribution in [-0.2, 0) is 4.79 Å². The number of benzene rings is 2. The monoisotopic (exact) mass is 422 g/mol. The highest BCUT2D eigenvalue weighted by Gasteiger charge is 2.07. The molecule has 0 saturated heterocycles. The van der Waals surface area contributed by atoms with Gasteiger partial charge in [0.1, 0.15) is 5.75 Å². The first-order valence-electron chi connectivity index (χ1n) is 9.13. The van der Waals surface area contributed by atoms with Gasteiger partial charge in [0.25, 0.3) is 5.56 Å². The summed E-state index contributed by atoms with van der Waals surface area (Å²) >= 11 is 0. The molecule has 0 radical (unpaired) electrons. The molecule has 11 nitrogen and oxygen atoms in total. The third kappa shape index (κ3) is 6.49. The molecule has 3 aromatic rings. The Bertz CT molecular complexity index is 1180. The van der Waals surface area contributed by atoms with E-state index >= 15 is 0 Å². The van der Waals surface area contributed by atoms with Crippen molar-refractivity contribution in [2.75, 3.05) is 11.9 Å². The minimum Gasteiger partial charge on any atom is -0.423 e. The summed E-state index contributed by atoms with van der Waals surface area (Å²) in [6.07, 6.45) is 1.45. The lowest BCUT2D eigenvalue weighted by Crippen LogP contribution is -2.28. The largest absolute Gasteiger partial charge is 0.423 e. The number of aromatic nitrogens is 3. The Morgan fingerprint density at radius 1 is 1.06 bits per heavy atom. The molecule has 1 aromatic heterocycles. The van der Waals surface area contributed by atoms with Crippen molar-refractivity contribution >= 4 is 23.9 Å². The van der Waals surface area contributed by atoms with Crippen molar-refractivity contribution in [1.29, 1.82) is 0 Å². The maximum Gasteiger partial charge on any atom is 0.343 e. The lowest BCUT2D eigenvalue weighted by atomic mass is 10.2. The zero-order valence-corrected chi connectivity index (χ0v) is 16.1. The summed E-state index contributed by atoms with van der Waals surface area (Å²) in [6.45, 7) is 0.116. The summed E-state index contributed by atoms with van der Waals surface area (Å²) in [5.74, 6) is -0.559. The lowest BCUT2D eigenvalue weighted by molar-refractivity contribution is -0.120. The van der Waals surface area contributed by atoms with Gasteiger partial charge in [-0.1, -0.05) is 18.2 Å². The van der Waals surface area contributed by atoms with E-state index in [0.29, 0.717) is 16.9 Å². The van der Waals surface area contributed by atoms with E-state index in [0.717, 1.165) is 0 Å². The van der Waals surface area contributed by atoms with E-state index in [2.05, 4.69) is 26.0 Å². The fourth-order valence-corrected chi connectivity index (χ4v) is 2.36. The number of hydrogen-bond donors (Lipinski definition) is 4. The number of ether oxygens (including phenoxy) is 1. The number of H-pyrrole nitrogens is 2. The number of nitrogens with zero attached hydrogens (tertiary/aromatic N) is 2. The second-order valence-electron chi connectivity index (χ2n) is 6.15. The number of anilines is 1. The Balaban J connectivity index is 1.43. The molecule has 0 saturated carbocycles. The van der Waals surface area contributed by atoms with Gasteiger partial charge in [-0.3, -0.25) is 14.6 Å². The molecule has 3 rings (SSSR count). The van der Waals surface area contributed by atoms with Gasteiger partial charge in [-0.15, -0.1) is 5.10 Å². The predicted octanol–water partition coefficient (Wildman–Crippen LogP) is 0.630. The molecule has 0 atom stereocenters. The predicted molar refractivity (Wildman–Crippen MR) is 112 cm³/mol. The average Bonchev–Trinajstić information content (AvgIpc) is 2.77. The van der Waals surface area contributed by atoms with Crippen molar-refractivity contribution in [3.05, 3.63) is 86.6 Å². The number of rotatable bonds is 8. The van der Waals surface area contributed by atoms with Crippen LogP contribution >= 0.6 is 0 Å². The first kappa shape index (κ1) is 21.2. The molecule has 1 heterocycles. The van der Waals surface area contributed by atoms with Gasteiger partial charge in [-0.25, -0.2) is 20.1 Å². The molecule has 0 aliphatic rings. The highest BCUT2D eigenvalue weighted by molar-refractivity contribution is 5.91. The van der Waals surface area contributed by atoms with E-state index in [1.54, 1.807) is 48.5 Å². The van der Waals surface area contributed by atoms with Crippen LogP contribution in [0.3, 0.4) is 0 Å². The van der Waals surface area contributed by atoms with Crippen LogP contribution in [0.15, 0.2) is 69.3 Å². The number of nitrogens with one attached hydrogen (secondary N) is 4. The normalized spacial score (nSPS) is 10.6. The van der Waals surface area contributed by atoms with Crippen LogP contribution in [-0.4, -0.2) is 39.8 Å². The molecule has 11 heteroatoms. The minimum absolute atomic E-state index is 0.0198. The summed E-state index contributed by atoms with van der Waals surface area (Å²) in [7, 11) is 0. The van der Waals surface area contributed by atoms with Gasteiger partial charge in [0.2, 0.25) is 11.7 Å². The molecule has 0 aliphatic heterocycles. The molecular weight excluding hydrogens is 404 g/mol. The SMILES string of the molecule is O=C(CCNc1n[nH]c(=O)[nH]c1=O)N/N=C/c1ccc(OC(=O)c2ccccc2)cc1. The number of carbonyl (C=O) groups is 2. The van der Waals surface area contributed by atoms with Crippen molar-refractivity contribution in [2.24, 2.45) is 5.10 Å². The van der Waals surface area contributed by atoms with E-state index in [-0.39, 0.29) is 18.8 Å². The lowest BCUT2D eigenvalue weighted by Gasteiger charge is -2.04. The van der Waals surface area contributed by atoms with E-state index in [1.807, 2.05) is 11.1 Å².